The summed E-state index contributed by atoms with van der Waals surface area (Å²) in [5.41, 5.74) is 2.07. The van der Waals surface area contributed by atoms with Crippen LogP contribution in [0.4, 0.5) is 0 Å². The van der Waals surface area contributed by atoms with Gasteiger partial charge in [0, 0.05) is 12.1 Å². The molecule has 1 aromatic rings. The number of halogens is 1. The Hall–Kier alpha value is -1.06. The number of hydrogen-bond donors (Lipinski definition) is 2. The molecule has 0 radical (unpaired) electrons. The van der Waals surface area contributed by atoms with Crippen molar-refractivity contribution in [3.05, 3.63) is 35.4 Å². The van der Waals surface area contributed by atoms with E-state index in [9.17, 15) is 4.79 Å². The number of hydrogen-bond acceptors (Lipinski definition) is 2. The Morgan fingerprint density at radius 1 is 1.35 bits per heavy atom. The van der Waals surface area contributed by atoms with Gasteiger partial charge in [0.1, 0.15) is 0 Å². The fourth-order valence-electron chi connectivity index (χ4n) is 2.56. The minimum absolute atomic E-state index is 0. The second-order valence-electron chi connectivity index (χ2n) is 5.35. The smallest absolute Gasteiger partial charge is 0.251 e. The third-order valence-electron chi connectivity index (χ3n) is 3.76. The molecule has 1 aromatic carbocycles. The molecule has 2 rings (SSSR count). The van der Waals surface area contributed by atoms with Gasteiger partial charge in [-0.25, -0.2) is 0 Å². The summed E-state index contributed by atoms with van der Waals surface area (Å²) in [7, 11) is 0. The Labute approximate surface area is 127 Å². The van der Waals surface area contributed by atoms with Crippen molar-refractivity contribution >= 4 is 18.3 Å². The topological polar surface area (TPSA) is 41.1 Å². The largest absolute Gasteiger partial charge is 0.352 e. The first kappa shape index (κ1) is 17.0. The fourth-order valence-corrected chi connectivity index (χ4v) is 2.56. The Kier molecular flexibility index (Phi) is 7.63. The maximum absolute atomic E-state index is 12.0. The highest BCUT2D eigenvalue weighted by molar-refractivity contribution is 5.94. The van der Waals surface area contributed by atoms with E-state index in [1.165, 1.54) is 12.0 Å². The minimum atomic E-state index is 0. The van der Waals surface area contributed by atoms with Crippen molar-refractivity contribution in [2.45, 2.75) is 32.6 Å². The molecule has 112 valence electrons. The molecule has 1 heterocycles. The maximum atomic E-state index is 12.0. The number of carbonyl (C=O) groups is 1. The predicted molar refractivity (Wildman–Crippen MR) is 85.6 cm³/mol. The van der Waals surface area contributed by atoms with Crippen LogP contribution in [0.3, 0.4) is 0 Å². The molecule has 0 aromatic heterocycles. The van der Waals surface area contributed by atoms with Gasteiger partial charge in [0.15, 0.2) is 0 Å². The van der Waals surface area contributed by atoms with Crippen LogP contribution in [0.5, 0.6) is 0 Å². The zero-order valence-corrected chi connectivity index (χ0v) is 13.0. The van der Waals surface area contributed by atoms with Crippen LogP contribution in [0.25, 0.3) is 0 Å². The van der Waals surface area contributed by atoms with E-state index in [2.05, 4.69) is 29.7 Å². The van der Waals surface area contributed by atoms with Crippen LogP contribution in [-0.2, 0) is 6.42 Å². The average molecular weight is 297 g/mol. The number of nitrogens with one attached hydrogen (secondary N) is 2. The Bertz CT molecular complexity index is 399. The average Bonchev–Trinajstić information content (AvgIpc) is 2.93. The molecule has 4 heteroatoms. The van der Waals surface area contributed by atoms with Gasteiger partial charge in [0.25, 0.3) is 5.91 Å². The molecule has 1 aliphatic rings. The van der Waals surface area contributed by atoms with Gasteiger partial charge >= 0.3 is 0 Å². The molecule has 1 fully saturated rings. The third kappa shape index (κ3) is 5.14. The summed E-state index contributed by atoms with van der Waals surface area (Å²) in [5, 5.41) is 6.36. The quantitative estimate of drug-likeness (QED) is 0.847. The summed E-state index contributed by atoms with van der Waals surface area (Å²) in [5.74, 6) is 0.779. The molecule has 1 atom stereocenters. The second kappa shape index (κ2) is 8.98. The summed E-state index contributed by atoms with van der Waals surface area (Å²) in [6.07, 6.45) is 4.53. The highest BCUT2D eigenvalue weighted by atomic mass is 35.5. The van der Waals surface area contributed by atoms with Crippen LogP contribution in [0.15, 0.2) is 24.3 Å². The monoisotopic (exact) mass is 296 g/mol. The molecule has 1 saturated heterocycles. The van der Waals surface area contributed by atoms with E-state index in [0.29, 0.717) is 0 Å². The highest BCUT2D eigenvalue weighted by Crippen LogP contribution is 2.11. The number of carbonyl (C=O) groups excluding carboxylic acids is 1. The molecule has 1 amide bonds. The number of amides is 1. The molecule has 0 spiro atoms. The molecule has 20 heavy (non-hydrogen) atoms. The lowest BCUT2D eigenvalue weighted by molar-refractivity contribution is 0.0951. The van der Waals surface area contributed by atoms with Crippen LogP contribution in [-0.4, -0.2) is 25.5 Å². The molecule has 3 nitrogen and oxygen atoms in total. The van der Waals surface area contributed by atoms with E-state index in [4.69, 9.17) is 0 Å². The lowest BCUT2D eigenvalue weighted by Crippen LogP contribution is -2.26. The van der Waals surface area contributed by atoms with E-state index in [1.807, 2.05) is 12.1 Å². The van der Waals surface area contributed by atoms with Crippen LogP contribution in [0.1, 0.15) is 42.1 Å². The fraction of sp³-hybridized carbons (Fsp3) is 0.562. The van der Waals surface area contributed by atoms with Gasteiger partial charge in [-0.3, -0.25) is 4.79 Å². The van der Waals surface area contributed by atoms with E-state index < -0.39 is 0 Å². The number of aryl methyl sites for hydroxylation is 1. The summed E-state index contributed by atoms with van der Waals surface area (Å²) >= 11 is 0. The van der Waals surface area contributed by atoms with Crippen LogP contribution in [0, 0.1) is 5.92 Å². The van der Waals surface area contributed by atoms with Crippen molar-refractivity contribution in [3.63, 3.8) is 0 Å². The summed E-state index contributed by atoms with van der Waals surface area (Å²) in [6.45, 7) is 5.17. The van der Waals surface area contributed by atoms with E-state index in [-0.39, 0.29) is 18.3 Å². The van der Waals surface area contributed by atoms with Crippen LogP contribution in [0.2, 0.25) is 0 Å². The molecule has 1 aliphatic heterocycles. The Balaban J connectivity index is 0.00000200. The lowest BCUT2D eigenvalue weighted by atomic mass is 10.0. The van der Waals surface area contributed by atoms with Crippen LogP contribution >= 0.6 is 12.4 Å². The molecule has 0 bridgehead atoms. The first-order valence-electron chi connectivity index (χ1n) is 7.37. The van der Waals surface area contributed by atoms with Crippen molar-refractivity contribution in [2.24, 2.45) is 5.92 Å². The van der Waals surface area contributed by atoms with Crippen molar-refractivity contribution in [1.29, 1.82) is 0 Å². The lowest BCUT2D eigenvalue weighted by Gasteiger charge is -2.09. The Morgan fingerprint density at radius 2 is 2.10 bits per heavy atom. The SMILES string of the molecule is CCCc1ccc(C(=O)NCCC2CCNC2)cc1.Cl. The molecule has 1 unspecified atom stereocenters. The normalized spacial score (nSPS) is 17.6. The standard InChI is InChI=1S/C16H24N2O.ClH/c1-2-3-13-4-6-15(7-5-13)16(19)18-11-9-14-8-10-17-12-14;/h4-7,14,17H,2-3,8-12H2,1H3,(H,18,19);1H. The van der Waals surface area contributed by atoms with Crippen molar-refractivity contribution in [3.8, 4) is 0 Å². The highest BCUT2D eigenvalue weighted by Gasteiger charge is 2.14. The number of rotatable bonds is 6. The van der Waals surface area contributed by atoms with Gasteiger partial charge in [-0.2, -0.15) is 0 Å². The summed E-state index contributed by atoms with van der Waals surface area (Å²) in [4.78, 5) is 12.0. The van der Waals surface area contributed by atoms with Gasteiger partial charge in [-0.1, -0.05) is 25.5 Å². The van der Waals surface area contributed by atoms with Crippen molar-refractivity contribution < 1.29 is 4.79 Å². The summed E-state index contributed by atoms with van der Waals surface area (Å²) < 4.78 is 0. The van der Waals surface area contributed by atoms with E-state index in [1.54, 1.807) is 0 Å². The second-order valence-corrected chi connectivity index (χ2v) is 5.35. The van der Waals surface area contributed by atoms with Gasteiger partial charge in [-0.15, -0.1) is 12.4 Å². The third-order valence-corrected chi connectivity index (χ3v) is 3.76. The van der Waals surface area contributed by atoms with Crippen molar-refractivity contribution in [1.82, 2.24) is 10.6 Å². The molecule has 2 N–H and O–H groups in total. The molecule has 0 aliphatic carbocycles. The van der Waals surface area contributed by atoms with Crippen molar-refractivity contribution in [2.75, 3.05) is 19.6 Å². The number of benzene rings is 1. The summed E-state index contributed by atoms with van der Waals surface area (Å²) in [6, 6.07) is 7.97. The minimum Gasteiger partial charge on any atom is -0.352 e. The molecular weight excluding hydrogens is 272 g/mol. The first-order chi connectivity index (χ1) is 9.29. The predicted octanol–water partition coefficient (Wildman–Crippen LogP) is 2.79. The molecular formula is C16H25ClN2O. The zero-order chi connectivity index (χ0) is 13.5. The van der Waals surface area contributed by atoms with E-state index >= 15 is 0 Å². The zero-order valence-electron chi connectivity index (χ0n) is 12.2. The maximum Gasteiger partial charge on any atom is 0.251 e. The first-order valence-corrected chi connectivity index (χ1v) is 7.37. The van der Waals surface area contributed by atoms with E-state index in [0.717, 1.165) is 50.4 Å². The molecule has 0 saturated carbocycles. The van der Waals surface area contributed by atoms with Gasteiger partial charge in [-0.05, 0) is 56.0 Å². The van der Waals surface area contributed by atoms with Gasteiger partial charge in [0.2, 0.25) is 0 Å². The van der Waals surface area contributed by atoms with Crippen LogP contribution < -0.4 is 10.6 Å². The van der Waals surface area contributed by atoms with Gasteiger partial charge in [0.05, 0.1) is 0 Å². The van der Waals surface area contributed by atoms with Gasteiger partial charge < -0.3 is 10.6 Å². The Morgan fingerprint density at radius 3 is 2.70 bits per heavy atom.